The zero-order chi connectivity index (χ0) is 17.9. The Balaban J connectivity index is 1.82. The highest BCUT2D eigenvalue weighted by Crippen LogP contribution is 2.34. The van der Waals surface area contributed by atoms with Gasteiger partial charge in [0.05, 0.1) is 17.0 Å². The Bertz CT molecular complexity index is 876. The molecule has 4 nitrogen and oxygen atoms in total. The third kappa shape index (κ3) is 3.76. The fraction of sp³-hybridized carbons (Fsp3) is 0.167. The maximum Gasteiger partial charge on any atom is 0.397 e. The number of hydrogen-bond donors (Lipinski definition) is 1. The summed E-state index contributed by atoms with van der Waals surface area (Å²) in [4.78, 5) is 20.4. The van der Waals surface area contributed by atoms with Crippen molar-refractivity contribution in [3.8, 4) is 0 Å². The molecule has 0 saturated heterocycles. The Labute approximate surface area is 141 Å². The van der Waals surface area contributed by atoms with E-state index in [1.54, 1.807) is 12.1 Å². The predicted molar refractivity (Wildman–Crippen MR) is 87.1 cm³/mol. The minimum absolute atomic E-state index is 0.108. The smallest absolute Gasteiger partial charge is 0.351 e. The lowest BCUT2D eigenvalue weighted by Crippen LogP contribution is -2.35. The van der Waals surface area contributed by atoms with Crippen LogP contribution in [0.1, 0.15) is 21.8 Å². The molecule has 3 aromatic rings. The number of hydrogen-bond acceptors (Lipinski definition) is 3. The van der Waals surface area contributed by atoms with E-state index < -0.39 is 24.5 Å². The van der Waals surface area contributed by atoms with Crippen molar-refractivity contribution in [3.05, 3.63) is 72.2 Å². The molecule has 0 radical (unpaired) electrons. The number of carbonyl (C=O) groups excluding carboxylic acids is 1. The molecule has 25 heavy (non-hydrogen) atoms. The molecule has 1 aromatic carbocycles. The third-order valence-electron chi connectivity index (χ3n) is 3.85. The van der Waals surface area contributed by atoms with Gasteiger partial charge >= 0.3 is 6.18 Å². The molecule has 0 aliphatic rings. The number of rotatable bonds is 4. The molecule has 2 heterocycles. The number of nitrogens with zero attached hydrogens (tertiary/aromatic N) is 2. The third-order valence-corrected chi connectivity index (χ3v) is 3.85. The lowest BCUT2D eigenvalue weighted by Gasteiger charge is -2.21. The predicted octanol–water partition coefficient (Wildman–Crippen LogP) is 3.71. The molecule has 1 amide bonds. The summed E-state index contributed by atoms with van der Waals surface area (Å²) < 4.78 is 40.0. The van der Waals surface area contributed by atoms with Gasteiger partial charge in [0.15, 0.2) is 0 Å². The second-order valence-corrected chi connectivity index (χ2v) is 5.47. The van der Waals surface area contributed by atoms with Crippen molar-refractivity contribution in [2.75, 3.05) is 6.54 Å². The van der Waals surface area contributed by atoms with E-state index in [4.69, 9.17) is 0 Å². The van der Waals surface area contributed by atoms with E-state index in [0.717, 1.165) is 0 Å². The minimum Gasteiger partial charge on any atom is -0.351 e. The van der Waals surface area contributed by atoms with Crippen molar-refractivity contribution in [3.63, 3.8) is 0 Å². The van der Waals surface area contributed by atoms with Crippen LogP contribution in [0.4, 0.5) is 13.2 Å². The Kier molecular flexibility index (Phi) is 4.65. The van der Waals surface area contributed by atoms with Crippen LogP contribution in [0.2, 0.25) is 0 Å². The molecule has 0 bridgehead atoms. The SMILES string of the molecule is O=C(NCC(c1ccccc1)C(F)(F)F)c1ccnc2ccncc12. The second kappa shape index (κ2) is 6.88. The molecule has 3 rings (SSSR count). The van der Waals surface area contributed by atoms with Gasteiger partial charge in [-0.05, 0) is 17.7 Å². The minimum atomic E-state index is -4.46. The first kappa shape index (κ1) is 16.9. The molecule has 1 unspecified atom stereocenters. The van der Waals surface area contributed by atoms with Crippen LogP contribution in [0, 0.1) is 0 Å². The summed E-state index contributed by atoms with van der Waals surface area (Å²) in [7, 11) is 0. The lowest BCUT2D eigenvalue weighted by atomic mass is 9.98. The number of aromatic nitrogens is 2. The highest BCUT2D eigenvalue weighted by atomic mass is 19.4. The van der Waals surface area contributed by atoms with Crippen LogP contribution in [-0.2, 0) is 0 Å². The number of nitrogens with one attached hydrogen (secondary N) is 1. The fourth-order valence-electron chi connectivity index (χ4n) is 2.58. The van der Waals surface area contributed by atoms with Gasteiger partial charge in [-0.15, -0.1) is 0 Å². The van der Waals surface area contributed by atoms with Crippen LogP contribution in [-0.4, -0.2) is 28.6 Å². The molecule has 0 fully saturated rings. The zero-order valence-corrected chi connectivity index (χ0v) is 13.0. The summed E-state index contributed by atoms with van der Waals surface area (Å²) in [6, 6.07) is 10.6. The van der Waals surface area contributed by atoms with Crippen LogP contribution in [0.5, 0.6) is 0 Å². The van der Waals surface area contributed by atoms with Crippen LogP contribution >= 0.6 is 0 Å². The van der Waals surface area contributed by atoms with E-state index in [9.17, 15) is 18.0 Å². The summed E-state index contributed by atoms with van der Waals surface area (Å²) >= 11 is 0. The number of alkyl halides is 3. The summed E-state index contributed by atoms with van der Waals surface area (Å²) in [5, 5.41) is 2.87. The maximum absolute atomic E-state index is 13.3. The summed E-state index contributed by atoms with van der Waals surface area (Å²) in [5.74, 6) is -2.37. The molecule has 1 N–H and O–H groups in total. The summed E-state index contributed by atoms with van der Waals surface area (Å²) in [6.07, 6.45) is -0.0199. The van der Waals surface area contributed by atoms with E-state index in [1.807, 2.05) is 0 Å². The van der Waals surface area contributed by atoms with Crippen LogP contribution < -0.4 is 5.32 Å². The molecule has 0 aliphatic heterocycles. The van der Waals surface area contributed by atoms with Gasteiger partial charge in [-0.1, -0.05) is 30.3 Å². The largest absolute Gasteiger partial charge is 0.397 e. The average Bonchev–Trinajstić information content (AvgIpc) is 2.61. The monoisotopic (exact) mass is 345 g/mol. The molecule has 0 spiro atoms. The molecule has 0 aliphatic carbocycles. The quantitative estimate of drug-likeness (QED) is 0.784. The van der Waals surface area contributed by atoms with Crippen molar-refractivity contribution in [2.45, 2.75) is 12.1 Å². The first-order valence-electron chi connectivity index (χ1n) is 7.55. The average molecular weight is 345 g/mol. The molecular formula is C18H14F3N3O. The molecule has 0 saturated carbocycles. The van der Waals surface area contributed by atoms with E-state index in [2.05, 4.69) is 15.3 Å². The van der Waals surface area contributed by atoms with Gasteiger partial charge in [-0.2, -0.15) is 13.2 Å². The lowest BCUT2D eigenvalue weighted by molar-refractivity contribution is -0.149. The summed E-state index contributed by atoms with van der Waals surface area (Å²) in [5.41, 5.74) is 0.904. The van der Waals surface area contributed by atoms with Gasteiger partial charge in [-0.3, -0.25) is 14.8 Å². The fourth-order valence-corrected chi connectivity index (χ4v) is 2.58. The number of pyridine rings is 2. The highest BCUT2D eigenvalue weighted by molar-refractivity contribution is 6.05. The van der Waals surface area contributed by atoms with Gasteiger partial charge in [0.2, 0.25) is 0 Å². The molecule has 128 valence electrons. The molecular weight excluding hydrogens is 331 g/mol. The topological polar surface area (TPSA) is 54.9 Å². The molecule has 1 atom stereocenters. The maximum atomic E-state index is 13.3. The molecule has 2 aromatic heterocycles. The van der Waals surface area contributed by atoms with Crippen molar-refractivity contribution >= 4 is 16.8 Å². The van der Waals surface area contributed by atoms with E-state index in [-0.39, 0.29) is 11.1 Å². The second-order valence-electron chi connectivity index (χ2n) is 5.47. The van der Waals surface area contributed by atoms with Crippen LogP contribution in [0.15, 0.2) is 61.1 Å². The van der Waals surface area contributed by atoms with Gasteiger partial charge in [0.1, 0.15) is 0 Å². The first-order chi connectivity index (χ1) is 12.0. The Hall–Kier alpha value is -2.96. The van der Waals surface area contributed by atoms with Gasteiger partial charge in [0.25, 0.3) is 5.91 Å². The first-order valence-corrected chi connectivity index (χ1v) is 7.55. The van der Waals surface area contributed by atoms with Crippen LogP contribution in [0.3, 0.4) is 0 Å². The number of carbonyl (C=O) groups is 1. The normalized spacial score (nSPS) is 12.8. The Morgan fingerprint density at radius 2 is 1.84 bits per heavy atom. The van der Waals surface area contributed by atoms with E-state index in [1.165, 1.54) is 48.9 Å². The van der Waals surface area contributed by atoms with Gasteiger partial charge in [-0.25, -0.2) is 0 Å². The number of fused-ring (bicyclic) bond motifs is 1. The Morgan fingerprint density at radius 3 is 2.56 bits per heavy atom. The standard InChI is InChI=1S/C18H14F3N3O/c19-18(20,21)15(12-4-2-1-3-5-12)11-24-17(25)13-6-9-23-16-7-8-22-10-14(13)16/h1-10,15H,11H2,(H,24,25). The van der Waals surface area contributed by atoms with Gasteiger partial charge in [0, 0.05) is 30.5 Å². The summed E-state index contributed by atoms with van der Waals surface area (Å²) in [6.45, 7) is -0.545. The van der Waals surface area contributed by atoms with Crippen molar-refractivity contribution < 1.29 is 18.0 Å². The number of amides is 1. The van der Waals surface area contributed by atoms with E-state index >= 15 is 0 Å². The van der Waals surface area contributed by atoms with Crippen molar-refractivity contribution in [1.82, 2.24) is 15.3 Å². The van der Waals surface area contributed by atoms with Crippen molar-refractivity contribution in [1.29, 1.82) is 0 Å². The van der Waals surface area contributed by atoms with Gasteiger partial charge < -0.3 is 5.32 Å². The number of halogens is 3. The van der Waals surface area contributed by atoms with E-state index in [0.29, 0.717) is 10.9 Å². The zero-order valence-electron chi connectivity index (χ0n) is 13.0. The highest BCUT2D eigenvalue weighted by Gasteiger charge is 2.40. The number of benzene rings is 1. The van der Waals surface area contributed by atoms with Crippen molar-refractivity contribution in [2.24, 2.45) is 0 Å². The molecule has 7 heteroatoms. The Morgan fingerprint density at radius 1 is 1.08 bits per heavy atom. The van der Waals surface area contributed by atoms with Crippen LogP contribution in [0.25, 0.3) is 10.9 Å².